The second-order valence-corrected chi connectivity index (χ2v) is 6.11. The van der Waals surface area contributed by atoms with Crippen molar-refractivity contribution in [1.29, 1.82) is 0 Å². The Bertz CT molecular complexity index is 681. The second kappa shape index (κ2) is 9.94. The van der Waals surface area contributed by atoms with Crippen molar-refractivity contribution in [3.63, 3.8) is 0 Å². The van der Waals surface area contributed by atoms with Gasteiger partial charge in [0.25, 0.3) is 0 Å². The number of nitrogens with zero attached hydrogens (tertiary/aromatic N) is 2. The summed E-state index contributed by atoms with van der Waals surface area (Å²) in [4.78, 5) is 4.22. The van der Waals surface area contributed by atoms with Crippen LogP contribution in [0, 0.1) is 0 Å². The van der Waals surface area contributed by atoms with Crippen LogP contribution in [0.2, 0.25) is 0 Å². The fraction of sp³-hybridized carbons (Fsp3) is 0.474. The first-order chi connectivity index (χ1) is 12.8. The Morgan fingerprint density at radius 3 is 2.96 bits per heavy atom. The van der Waals surface area contributed by atoms with Crippen LogP contribution < -0.4 is 10.6 Å². The van der Waals surface area contributed by atoms with Crippen LogP contribution in [-0.2, 0) is 16.0 Å². The summed E-state index contributed by atoms with van der Waals surface area (Å²) in [6.07, 6.45) is 2.18. The number of nitrogens with one attached hydrogen (secondary N) is 2. The first-order valence-corrected chi connectivity index (χ1v) is 9.00. The van der Waals surface area contributed by atoms with Crippen molar-refractivity contribution in [3.8, 4) is 11.3 Å². The Labute approximate surface area is 153 Å². The van der Waals surface area contributed by atoms with E-state index in [9.17, 15) is 0 Å². The van der Waals surface area contributed by atoms with Crippen molar-refractivity contribution >= 4 is 5.96 Å². The van der Waals surface area contributed by atoms with E-state index >= 15 is 0 Å². The van der Waals surface area contributed by atoms with E-state index in [0.29, 0.717) is 6.54 Å². The lowest BCUT2D eigenvalue weighted by Gasteiger charge is -2.12. The van der Waals surface area contributed by atoms with Crippen LogP contribution in [0.25, 0.3) is 11.3 Å². The molecule has 3 rings (SSSR count). The summed E-state index contributed by atoms with van der Waals surface area (Å²) in [5.74, 6) is 1.50. The molecule has 1 aromatic carbocycles. The van der Waals surface area contributed by atoms with Gasteiger partial charge in [-0.25, -0.2) is 0 Å². The molecule has 0 saturated carbocycles. The lowest BCUT2D eigenvalue weighted by molar-refractivity contribution is 0.0420. The van der Waals surface area contributed by atoms with Crippen LogP contribution in [-0.4, -0.2) is 50.6 Å². The van der Waals surface area contributed by atoms with Gasteiger partial charge in [0.05, 0.1) is 19.3 Å². The average molecular weight is 358 g/mol. The summed E-state index contributed by atoms with van der Waals surface area (Å²) < 4.78 is 16.4. The molecule has 1 aromatic heterocycles. The average Bonchev–Trinajstić information content (AvgIpc) is 3.36. The van der Waals surface area contributed by atoms with Gasteiger partial charge in [-0.3, -0.25) is 4.99 Å². The predicted octanol–water partition coefficient (Wildman–Crippen LogP) is 2.20. The van der Waals surface area contributed by atoms with Gasteiger partial charge in [-0.05, 0) is 12.8 Å². The number of rotatable bonds is 8. The Kier molecular flexibility index (Phi) is 7.04. The first-order valence-electron chi connectivity index (χ1n) is 9.00. The third kappa shape index (κ3) is 5.57. The number of hydrogen-bond acceptors (Lipinski definition) is 5. The minimum atomic E-state index is 0.262. The standard InChI is InChI=1S/C19H26N4O3/c1-20-19(21-9-5-10-25-17-8-11-24-14-17)22-13-16-12-18(26-23-16)15-6-3-2-4-7-15/h2-4,6-7,12,17H,5,8-11,13-14H2,1H3,(H2,20,21,22). The number of aromatic nitrogens is 1. The lowest BCUT2D eigenvalue weighted by atomic mass is 10.2. The number of benzene rings is 1. The highest BCUT2D eigenvalue weighted by Gasteiger charge is 2.15. The molecule has 0 amide bonds. The van der Waals surface area contributed by atoms with Crippen molar-refractivity contribution in [2.24, 2.45) is 4.99 Å². The van der Waals surface area contributed by atoms with Gasteiger partial charge < -0.3 is 24.6 Å². The van der Waals surface area contributed by atoms with E-state index in [-0.39, 0.29) is 6.10 Å². The van der Waals surface area contributed by atoms with E-state index in [1.807, 2.05) is 36.4 Å². The van der Waals surface area contributed by atoms with E-state index in [2.05, 4.69) is 20.8 Å². The van der Waals surface area contributed by atoms with Gasteiger partial charge in [-0.15, -0.1) is 0 Å². The fourth-order valence-corrected chi connectivity index (χ4v) is 2.70. The third-order valence-electron chi connectivity index (χ3n) is 4.13. The number of aliphatic imine (C=N–C) groups is 1. The van der Waals surface area contributed by atoms with Crippen molar-refractivity contribution in [2.45, 2.75) is 25.5 Å². The molecule has 1 atom stereocenters. The first kappa shape index (κ1) is 18.4. The predicted molar refractivity (Wildman–Crippen MR) is 99.9 cm³/mol. The number of ether oxygens (including phenoxy) is 2. The van der Waals surface area contributed by atoms with Gasteiger partial charge in [0, 0.05) is 38.4 Å². The molecule has 1 fully saturated rings. The molecule has 0 aliphatic carbocycles. The molecule has 1 aliphatic rings. The maximum Gasteiger partial charge on any atom is 0.191 e. The van der Waals surface area contributed by atoms with Crippen molar-refractivity contribution < 1.29 is 14.0 Å². The van der Waals surface area contributed by atoms with Gasteiger partial charge in [-0.1, -0.05) is 35.5 Å². The molecule has 1 saturated heterocycles. The molecule has 0 spiro atoms. The van der Waals surface area contributed by atoms with Gasteiger partial charge in [-0.2, -0.15) is 0 Å². The Morgan fingerprint density at radius 1 is 1.31 bits per heavy atom. The SMILES string of the molecule is CN=C(NCCCOC1CCOC1)NCc1cc(-c2ccccc2)on1. The zero-order valence-corrected chi connectivity index (χ0v) is 15.1. The van der Waals surface area contributed by atoms with Gasteiger partial charge in [0.15, 0.2) is 11.7 Å². The molecule has 0 radical (unpaired) electrons. The zero-order valence-electron chi connectivity index (χ0n) is 15.1. The summed E-state index contributed by atoms with van der Waals surface area (Å²) in [6, 6.07) is 11.9. The van der Waals surface area contributed by atoms with Crippen LogP contribution in [0.1, 0.15) is 18.5 Å². The summed E-state index contributed by atoms with van der Waals surface area (Å²) >= 11 is 0. The topological polar surface area (TPSA) is 80.9 Å². The molecule has 7 heteroatoms. The molecule has 140 valence electrons. The largest absolute Gasteiger partial charge is 0.379 e. The maximum absolute atomic E-state index is 5.74. The molecule has 2 aromatic rings. The van der Waals surface area contributed by atoms with Gasteiger partial charge in [0.2, 0.25) is 0 Å². The van der Waals surface area contributed by atoms with Crippen molar-refractivity contribution in [2.75, 3.05) is 33.4 Å². The highest BCUT2D eigenvalue weighted by molar-refractivity contribution is 5.79. The fourth-order valence-electron chi connectivity index (χ4n) is 2.70. The number of guanidine groups is 1. The monoisotopic (exact) mass is 358 g/mol. The minimum absolute atomic E-state index is 0.262. The van der Waals surface area contributed by atoms with Crippen LogP contribution in [0.4, 0.5) is 0 Å². The Morgan fingerprint density at radius 2 is 2.19 bits per heavy atom. The molecular formula is C19H26N4O3. The summed E-state index contributed by atoms with van der Waals surface area (Å²) in [6.45, 7) is 3.60. The summed E-state index contributed by atoms with van der Waals surface area (Å²) in [5.41, 5.74) is 1.85. The molecule has 1 unspecified atom stereocenters. The molecular weight excluding hydrogens is 332 g/mol. The van der Waals surface area contributed by atoms with Crippen molar-refractivity contribution in [3.05, 3.63) is 42.1 Å². The summed E-state index contributed by atoms with van der Waals surface area (Å²) in [7, 11) is 1.75. The number of hydrogen-bond donors (Lipinski definition) is 2. The molecule has 2 heterocycles. The summed E-state index contributed by atoms with van der Waals surface area (Å²) in [5, 5.41) is 10.6. The molecule has 0 bridgehead atoms. The van der Waals surface area contributed by atoms with Crippen molar-refractivity contribution in [1.82, 2.24) is 15.8 Å². The van der Waals surface area contributed by atoms with E-state index in [4.69, 9.17) is 14.0 Å². The molecule has 1 aliphatic heterocycles. The lowest BCUT2D eigenvalue weighted by Crippen LogP contribution is -2.37. The quantitative estimate of drug-likeness (QED) is 0.428. The smallest absolute Gasteiger partial charge is 0.191 e. The molecule has 26 heavy (non-hydrogen) atoms. The van der Waals surface area contributed by atoms with E-state index in [0.717, 1.165) is 62.2 Å². The van der Waals surface area contributed by atoms with Crippen LogP contribution >= 0.6 is 0 Å². The van der Waals surface area contributed by atoms with Gasteiger partial charge >= 0.3 is 0 Å². The second-order valence-electron chi connectivity index (χ2n) is 6.11. The normalized spacial score (nSPS) is 17.4. The highest BCUT2D eigenvalue weighted by Crippen LogP contribution is 2.19. The van der Waals surface area contributed by atoms with Crippen LogP contribution in [0.15, 0.2) is 45.9 Å². The maximum atomic E-state index is 5.74. The Hall–Kier alpha value is -2.38. The van der Waals surface area contributed by atoms with E-state index in [1.54, 1.807) is 7.05 Å². The van der Waals surface area contributed by atoms with E-state index < -0.39 is 0 Å². The third-order valence-corrected chi connectivity index (χ3v) is 4.13. The van der Waals surface area contributed by atoms with Crippen LogP contribution in [0.3, 0.4) is 0 Å². The van der Waals surface area contributed by atoms with E-state index in [1.165, 1.54) is 0 Å². The Balaban J connectivity index is 1.35. The van der Waals surface area contributed by atoms with Crippen LogP contribution in [0.5, 0.6) is 0 Å². The highest BCUT2D eigenvalue weighted by atomic mass is 16.5. The minimum Gasteiger partial charge on any atom is -0.379 e. The molecule has 7 nitrogen and oxygen atoms in total. The molecule has 2 N–H and O–H groups in total. The van der Waals surface area contributed by atoms with Gasteiger partial charge in [0.1, 0.15) is 5.69 Å². The zero-order chi connectivity index (χ0) is 18.0.